The highest BCUT2D eigenvalue weighted by Gasteiger charge is 2.29. The van der Waals surface area contributed by atoms with E-state index in [0.29, 0.717) is 34.3 Å². The van der Waals surface area contributed by atoms with E-state index in [4.69, 9.17) is 80.7 Å². The maximum absolute atomic E-state index is 11.6. The number of amides is 1. The van der Waals surface area contributed by atoms with E-state index in [1.807, 2.05) is 0 Å². The van der Waals surface area contributed by atoms with Gasteiger partial charge in [-0.3, -0.25) is 14.4 Å². The molecule has 0 heterocycles. The van der Waals surface area contributed by atoms with Gasteiger partial charge in [0, 0.05) is 146 Å². The fraction of sp³-hybridized carbons (Fsp3) is 0.634. The molecule has 0 aliphatic carbocycles. The average Bonchev–Trinajstić information content (AvgIpc) is 0.944. The van der Waals surface area contributed by atoms with Gasteiger partial charge >= 0.3 is 79.5 Å². The van der Waals surface area contributed by atoms with Gasteiger partial charge in [0.2, 0.25) is 0 Å². The molecule has 0 saturated carbocycles. The minimum absolute atomic E-state index is 0.00866. The molecule has 648 valence electrons. The SMILES string of the molecule is C=C(C)C(=O)OCCOC#N.C=C(OC(=O)CCSCC(O)CO)OC(=O)C(=C)C.C=C(OC(=O)CCSCC(O)CO)OC(=O)C(=C)C.C=C(OC(=O)CCSCC(O)COC(=O)NCCOC(=O)C(=C)C)OC(=O)C(=C)C.COCCC[Si](C)(OC)OC.COCCC[Si](C)(OC)OC.COCCC[Si](C)(OC)OC. The fourth-order valence-electron chi connectivity index (χ4n) is 5.91. The van der Waals surface area contributed by atoms with Gasteiger partial charge in [-0.1, -0.05) is 32.9 Å². The summed E-state index contributed by atoms with van der Waals surface area (Å²) in [6.45, 7) is 42.0. The molecule has 0 spiro atoms. The molecule has 3 atom stereocenters. The minimum atomic E-state index is -1.81. The molecule has 0 fully saturated rings. The number of nitriles is 1. The summed E-state index contributed by atoms with van der Waals surface area (Å²) in [6, 6.07) is 2.98. The summed E-state index contributed by atoms with van der Waals surface area (Å²) >= 11 is 3.83. The summed E-state index contributed by atoms with van der Waals surface area (Å²) in [5.74, 6) is -4.23. The van der Waals surface area contributed by atoms with Gasteiger partial charge < -0.3 is 119 Å². The zero-order valence-corrected chi connectivity index (χ0v) is 73.9. The number of thioether (sulfide) groups is 3. The maximum Gasteiger partial charge on any atom is 0.407 e. The summed E-state index contributed by atoms with van der Waals surface area (Å²) in [6.07, 6.45) is 1.34. The Bertz CT molecular complexity index is 2680. The molecule has 0 radical (unpaired) electrons. The predicted octanol–water partition coefficient (Wildman–Crippen LogP) is 7.41. The lowest BCUT2D eigenvalue weighted by Crippen LogP contribution is -2.36. The second kappa shape index (κ2) is 77.0. The first-order valence-electron chi connectivity index (χ1n) is 34.1. The van der Waals surface area contributed by atoms with Crippen LogP contribution in [0.2, 0.25) is 37.8 Å². The summed E-state index contributed by atoms with van der Waals surface area (Å²) in [5.41, 5.74) is 1.07. The molecular formula is C71H126N2O33S3Si3. The molecule has 3 unspecified atom stereocenters. The average molecular weight is 1720 g/mol. The Balaban J connectivity index is -0.000000239. The molecule has 112 heavy (non-hydrogen) atoms. The van der Waals surface area contributed by atoms with Crippen LogP contribution in [0.25, 0.3) is 0 Å². The third kappa shape index (κ3) is 80.0. The van der Waals surface area contributed by atoms with E-state index in [-0.39, 0.29) is 93.5 Å². The zero-order valence-electron chi connectivity index (χ0n) is 68.4. The minimum Gasteiger partial charge on any atom is -0.460 e. The summed E-state index contributed by atoms with van der Waals surface area (Å²) in [7, 11) is 9.94. The number of alkyl carbamates (subject to hydrolysis) is 1. The number of carbonyl (C=O) groups excluding carboxylic acids is 9. The van der Waals surface area contributed by atoms with E-state index >= 15 is 0 Å². The van der Waals surface area contributed by atoms with Crippen LogP contribution < -0.4 is 5.32 Å². The molecular weight excluding hydrogens is 1590 g/mol. The molecule has 0 aromatic heterocycles. The van der Waals surface area contributed by atoms with Crippen molar-refractivity contribution in [3.63, 3.8) is 0 Å². The Morgan fingerprint density at radius 2 is 0.679 bits per heavy atom. The molecule has 1 amide bonds. The quantitative estimate of drug-likeness (QED) is 0.00656. The lowest BCUT2D eigenvalue weighted by atomic mass is 10.4. The number of carbonyl (C=O) groups is 9. The molecule has 0 bridgehead atoms. The number of hydrogen-bond acceptors (Lipinski definition) is 37. The van der Waals surface area contributed by atoms with Gasteiger partial charge in [-0.2, -0.15) is 40.5 Å². The van der Waals surface area contributed by atoms with Crippen LogP contribution in [0, 0.1) is 11.5 Å². The van der Waals surface area contributed by atoms with E-state index < -0.39 is 116 Å². The van der Waals surface area contributed by atoms with Crippen molar-refractivity contribution in [1.29, 1.82) is 5.26 Å². The van der Waals surface area contributed by atoms with E-state index in [1.54, 1.807) is 70.9 Å². The van der Waals surface area contributed by atoms with Crippen LogP contribution in [-0.2, 0) is 126 Å². The Morgan fingerprint density at radius 3 is 0.929 bits per heavy atom. The number of rotatable bonds is 54. The molecule has 41 heteroatoms. The predicted molar refractivity (Wildman–Crippen MR) is 430 cm³/mol. The molecule has 0 aliphatic heterocycles. The number of aliphatic hydroxyl groups excluding tert-OH is 5. The Kier molecular flexibility index (Phi) is 81.5. The molecule has 0 aromatic carbocycles. The smallest absolute Gasteiger partial charge is 0.407 e. The highest BCUT2D eigenvalue weighted by Crippen LogP contribution is 2.17. The number of aliphatic hydroxyl groups is 5. The first kappa shape index (κ1) is 119. The van der Waals surface area contributed by atoms with Crippen LogP contribution in [0.4, 0.5) is 4.79 Å². The Labute approximate surface area is 677 Å². The van der Waals surface area contributed by atoms with E-state index in [1.165, 1.54) is 69.2 Å². The third-order valence-electron chi connectivity index (χ3n) is 12.8. The highest BCUT2D eigenvalue weighted by atomic mass is 32.2. The zero-order chi connectivity index (χ0) is 87.7. The number of esters is 8. The number of nitrogens with zero attached hydrogens (tertiary/aromatic N) is 1. The van der Waals surface area contributed by atoms with E-state index in [2.05, 4.69) is 111 Å². The largest absolute Gasteiger partial charge is 0.460 e. The molecule has 6 N–H and O–H groups in total. The standard InChI is InChI=1S/C19H27NO9S.2C12H18O6S.C7H9NO3.3C7H18O3Si/c1-12(2)17(23)26-8-7-20-19(25)27-10-15(21)11-30-9-6-16(22)28-14(5)29-18(24)13(3)4;2*1-8(2)12(16)18-9(3)17-11(15)4-5-19-7-10(14)6-13;1-6(2)7(9)11-4-3-10-5-8;3*1-8-6-5-7-11(4,9-2)10-3/h15,21H,1,3,5-11H2,2,4H3,(H,20,25);2*10,13-14H,1,3-7H2,2H3;1,3-4H2,2H3;3*5-7H2,1-4H3. The molecule has 35 nitrogen and oxygen atoms in total. The van der Waals surface area contributed by atoms with Crippen molar-refractivity contribution < 1.29 is 157 Å². The van der Waals surface area contributed by atoms with Gasteiger partial charge in [-0.05, 0) is 111 Å². The molecule has 0 aromatic rings. The van der Waals surface area contributed by atoms with Gasteiger partial charge in [-0.15, -0.1) is 0 Å². The Morgan fingerprint density at radius 1 is 0.402 bits per heavy atom. The van der Waals surface area contributed by atoms with Gasteiger partial charge in [0.25, 0.3) is 24.1 Å². The molecule has 0 saturated heterocycles. The van der Waals surface area contributed by atoms with Crippen LogP contribution >= 0.6 is 35.3 Å². The maximum atomic E-state index is 11.6. The van der Waals surface area contributed by atoms with Crippen LogP contribution in [0.3, 0.4) is 0 Å². The fourth-order valence-corrected chi connectivity index (χ4v) is 12.5. The second-order valence-electron chi connectivity index (χ2n) is 23.1. The van der Waals surface area contributed by atoms with Crippen molar-refractivity contribution in [2.75, 3.05) is 165 Å². The van der Waals surface area contributed by atoms with Crippen molar-refractivity contribution in [2.24, 2.45) is 0 Å². The highest BCUT2D eigenvalue weighted by molar-refractivity contribution is 7.99. The first-order valence-corrected chi connectivity index (χ1v) is 45.2. The summed E-state index contributed by atoms with van der Waals surface area (Å²) < 4.78 is 92.9. The van der Waals surface area contributed by atoms with E-state index in [9.17, 15) is 48.3 Å². The van der Waals surface area contributed by atoms with Crippen LogP contribution in [-0.4, -0.2) is 288 Å². The first-order chi connectivity index (χ1) is 52.5. The van der Waals surface area contributed by atoms with Crippen LogP contribution in [0.5, 0.6) is 0 Å². The molecule has 0 aliphatic rings. The normalized spacial score (nSPS) is 11.2. The number of ether oxygens (including phenoxy) is 13. The van der Waals surface area contributed by atoms with Crippen molar-refractivity contribution in [1.82, 2.24) is 5.32 Å². The second-order valence-corrected chi connectivity index (χ2v) is 37.3. The van der Waals surface area contributed by atoms with Gasteiger partial charge in [0.1, 0.15) is 26.4 Å². The van der Waals surface area contributed by atoms with Crippen molar-refractivity contribution in [2.45, 2.75) is 129 Å². The van der Waals surface area contributed by atoms with Crippen molar-refractivity contribution in [3.05, 3.63) is 98.3 Å². The summed E-state index contributed by atoms with van der Waals surface area (Å²) in [4.78, 5) is 101. The summed E-state index contributed by atoms with van der Waals surface area (Å²) in [5, 5.41) is 55.3. The number of methoxy groups -OCH3 is 3. The van der Waals surface area contributed by atoms with Crippen molar-refractivity contribution in [3.8, 4) is 6.26 Å². The van der Waals surface area contributed by atoms with Gasteiger partial charge in [0.05, 0.1) is 57.3 Å². The number of hydrogen-bond donors (Lipinski definition) is 6. The topological polar surface area (TPSA) is 466 Å². The number of nitrogens with one attached hydrogen (secondary N) is 1. The molecule has 0 rings (SSSR count). The monoisotopic (exact) mass is 1710 g/mol. The third-order valence-corrected chi connectivity index (χ3v) is 25.1. The lowest BCUT2D eigenvalue weighted by Gasteiger charge is -2.22. The van der Waals surface area contributed by atoms with Crippen LogP contribution in [0.1, 0.15) is 73.1 Å². The lowest BCUT2D eigenvalue weighted by molar-refractivity contribution is -0.153. The van der Waals surface area contributed by atoms with E-state index in [0.717, 1.165) is 57.2 Å². The van der Waals surface area contributed by atoms with Crippen LogP contribution in [0.15, 0.2) is 98.3 Å². The van der Waals surface area contributed by atoms with Gasteiger partial charge in [0.15, 0.2) is 0 Å². The van der Waals surface area contributed by atoms with Gasteiger partial charge in [-0.25, -0.2) is 28.8 Å². The Hall–Kier alpha value is -6.62. The van der Waals surface area contributed by atoms with Crippen molar-refractivity contribution >= 4 is 115 Å².